The number of esters is 1. The third kappa shape index (κ3) is 5.06. The van der Waals surface area contributed by atoms with Crippen LogP contribution in [0.15, 0.2) is 0 Å². The molecule has 0 rings (SSSR count). The fourth-order valence-corrected chi connectivity index (χ4v) is 0.647. The van der Waals surface area contributed by atoms with Crippen LogP contribution >= 0.6 is 0 Å². The number of likely N-dealkylation sites (N-methyl/N-ethyl adjacent to an activating group) is 2. The molecule has 0 unspecified atom stereocenters. The molecule has 0 radical (unpaired) electrons. The Morgan fingerprint density at radius 2 is 2.00 bits per heavy atom. The molecule has 0 aromatic heterocycles. The van der Waals surface area contributed by atoms with Gasteiger partial charge < -0.3 is 20.1 Å². The van der Waals surface area contributed by atoms with Crippen molar-refractivity contribution in [3.8, 4) is 0 Å². The highest BCUT2D eigenvalue weighted by Gasteiger charge is 2.06. The van der Waals surface area contributed by atoms with Crippen LogP contribution in [0.4, 0.5) is 0 Å². The summed E-state index contributed by atoms with van der Waals surface area (Å²) in [6, 6.07) is 0. The summed E-state index contributed by atoms with van der Waals surface area (Å²) in [5.41, 5.74) is 0. The normalized spacial score (nSPS) is 10.3. The largest absolute Gasteiger partial charge is 0.461 e. The number of nitrogens with one attached hydrogen (secondary N) is 2. The molecule has 0 aliphatic heterocycles. The maximum atomic E-state index is 10.8. The Hall–Kier alpha value is -0.650. The number of ether oxygens (including phenoxy) is 2. The van der Waals surface area contributed by atoms with Gasteiger partial charge in [-0.25, -0.2) is 4.79 Å². The first-order chi connectivity index (χ1) is 5.74. The van der Waals surface area contributed by atoms with Crippen molar-refractivity contribution in [1.82, 2.24) is 10.6 Å². The number of hydrogen-bond donors (Lipinski definition) is 2. The minimum atomic E-state index is -0.354. The fourth-order valence-electron chi connectivity index (χ4n) is 0.647. The second-order valence-corrected chi connectivity index (χ2v) is 2.25. The van der Waals surface area contributed by atoms with Gasteiger partial charge in [-0.15, -0.1) is 0 Å². The summed E-state index contributed by atoms with van der Waals surface area (Å²) in [5.74, 6) is -0.354. The highest BCUT2D eigenvalue weighted by Crippen LogP contribution is 1.82. The molecule has 5 nitrogen and oxygen atoms in total. The van der Waals surface area contributed by atoms with Gasteiger partial charge in [0, 0.05) is 7.11 Å². The van der Waals surface area contributed by atoms with Gasteiger partial charge in [-0.1, -0.05) is 0 Å². The van der Waals surface area contributed by atoms with E-state index < -0.39 is 0 Å². The molecule has 0 aliphatic rings. The zero-order valence-electron chi connectivity index (χ0n) is 7.72. The SMILES string of the molecule is CNC(COC(=O)COC)NC. The molecule has 0 aromatic carbocycles. The van der Waals surface area contributed by atoms with Crippen LogP contribution in [-0.4, -0.2) is 46.6 Å². The van der Waals surface area contributed by atoms with Gasteiger partial charge in [-0.2, -0.15) is 0 Å². The first-order valence-electron chi connectivity index (χ1n) is 3.73. The molecule has 0 aromatic rings. The molecule has 0 amide bonds. The molecule has 12 heavy (non-hydrogen) atoms. The Balaban J connectivity index is 3.44. The Kier molecular flexibility index (Phi) is 6.64. The number of hydrogen-bond acceptors (Lipinski definition) is 5. The summed E-state index contributed by atoms with van der Waals surface area (Å²) in [6.45, 7) is 0.301. The van der Waals surface area contributed by atoms with Crippen molar-refractivity contribution in [2.24, 2.45) is 0 Å². The summed E-state index contributed by atoms with van der Waals surface area (Å²) in [4.78, 5) is 10.8. The minimum Gasteiger partial charge on any atom is -0.461 e. The molecule has 0 fully saturated rings. The van der Waals surface area contributed by atoms with Gasteiger partial charge >= 0.3 is 5.97 Å². The van der Waals surface area contributed by atoms with Gasteiger partial charge in [0.15, 0.2) is 0 Å². The zero-order valence-corrected chi connectivity index (χ0v) is 7.72. The molecule has 0 heterocycles. The highest BCUT2D eigenvalue weighted by molar-refractivity contribution is 5.70. The van der Waals surface area contributed by atoms with E-state index in [4.69, 9.17) is 4.74 Å². The highest BCUT2D eigenvalue weighted by atomic mass is 16.6. The van der Waals surface area contributed by atoms with Gasteiger partial charge in [-0.05, 0) is 14.1 Å². The number of methoxy groups -OCH3 is 1. The third-order valence-electron chi connectivity index (χ3n) is 1.37. The van der Waals surface area contributed by atoms with Crippen molar-refractivity contribution in [3.05, 3.63) is 0 Å². The van der Waals surface area contributed by atoms with Crippen LogP contribution in [0.25, 0.3) is 0 Å². The van der Waals surface area contributed by atoms with Crippen LogP contribution in [0.1, 0.15) is 0 Å². The standard InChI is InChI=1S/C7H16N2O3/c1-8-6(9-2)4-12-7(10)5-11-3/h6,8-9H,4-5H2,1-3H3. The topological polar surface area (TPSA) is 59.6 Å². The van der Waals surface area contributed by atoms with Crippen molar-refractivity contribution >= 4 is 5.97 Å². The van der Waals surface area contributed by atoms with Crippen LogP contribution in [0, 0.1) is 0 Å². The minimum absolute atomic E-state index is 0.000147. The van der Waals surface area contributed by atoms with Gasteiger partial charge in [-0.3, -0.25) is 0 Å². The Bertz CT molecular complexity index is 126. The molecule has 2 N–H and O–H groups in total. The van der Waals surface area contributed by atoms with Crippen molar-refractivity contribution in [3.63, 3.8) is 0 Å². The summed E-state index contributed by atoms with van der Waals surface area (Å²) in [7, 11) is 5.02. The summed E-state index contributed by atoms with van der Waals surface area (Å²) < 4.78 is 9.43. The second-order valence-electron chi connectivity index (χ2n) is 2.25. The molecule has 0 spiro atoms. The van der Waals surface area contributed by atoms with Crippen molar-refractivity contribution in [2.45, 2.75) is 6.17 Å². The quantitative estimate of drug-likeness (QED) is 0.399. The first kappa shape index (κ1) is 11.4. The molecular formula is C7H16N2O3. The lowest BCUT2D eigenvalue weighted by Gasteiger charge is -2.14. The van der Waals surface area contributed by atoms with Gasteiger partial charge in [0.05, 0.1) is 6.17 Å². The Morgan fingerprint density at radius 1 is 1.42 bits per heavy atom. The van der Waals surface area contributed by atoms with Crippen LogP contribution in [-0.2, 0) is 14.3 Å². The van der Waals surface area contributed by atoms with Crippen molar-refractivity contribution in [2.75, 3.05) is 34.4 Å². The average Bonchev–Trinajstić information content (AvgIpc) is 2.07. The Morgan fingerprint density at radius 3 is 2.42 bits per heavy atom. The van der Waals surface area contributed by atoms with Crippen LogP contribution in [0.5, 0.6) is 0 Å². The summed E-state index contributed by atoms with van der Waals surface area (Å²) >= 11 is 0. The van der Waals surface area contributed by atoms with Gasteiger partial charge in [0.2, 0.25) is 0 Å². The smallest absolute Gasteiger partial charge is 0.332 e. The van der Waals surface area contributed by atoms with E-state index in [1.54, 1.807) is 14.1 Å². The first-order valence-corrected chi connectivity index (χ1v) is 3.73. The Labute approximate surface area is 72.4 Å². The van der Waals surface area contributed by atoms with E-state index in [0.717, 1.165) is 0 Å². The molecule has 0 saturated heterocycles. The maximum absolute atomic E-state index is 10.8. The van der Waals surface area contributed by atoms with E-state index in [2.05, 4.69) is 15.4 Å². The monoisotopic (exact) mass is 176 g/mol. The van der Waals surface area contributed by atoms with Gasteiger partial charge in [0.1, 0.15) is 13.2 Å². The second kappa shape index (κ2) is 7.02. The van der Waals surface area contributed by atoms with Crippen LogP contribution in [0.3, 0.4) is 0 Å². The zero-order chi connectivity index (χ0) is 9.40. The van der Waals surface area contributed by atoms with Crippen molar-refractivity contribution < 1.29 is 14.3 Å². The van der Waals surface area contributed by atoms with E-state index in [-0.39, 0.29) is 18.7 Å². The summed E-state index contributed by atoms with van der Waals surface area (Å²) in [5, 5.41) is 5.84. The van der Waals surface area contributed by atoms with E-state index in [1.807, 2.05) is 0 Å². The maximum Gasteiger partial charge on any atom is 0.332 e. The number of carbonyl (C=O) groups excluding carboxylic acids is 1. The van der Waals surface area contributed by atoms with E-state index in [0.29, 0.717) is 6.61 Å². The third-order valence-corrected chi connectivity index (χ3v) is 1.37. The lowest BCUT2D eigenvalue weighted by Crippen LogP contribution is -2.42. The van der Waals surface area contributed by atoms with E-state index in [1.165, 1.54) is 7.11 Å². The average molecular weight is 176 g/mol. The van der Waals surface area contributed by atoms with E-state index >= 15 is 0 Å². The fraction of sp³-hybridized carbons (Fsp3) is 0.857. The predicted octanol–water partition coefficient (Wildman–Crippen LogP) is -1.06. The molecule has 0 atom stereocenters. The number of rotatable bonds is 6. The molecule has 0 saturated carbocycles. The van der Waals surface area contributed by atoms with E-state index in [9.17, 15) is 4.79 Å². The molecule has 5 heteroatoms. The van der Waals surface area contributed by atoms with Crippen LogP contribution in [0.2, 0.25) is 0 Å². The molecule has 0 bridgehead atoms. The van der Waals surface area contributed by atoms with Crippen molar-refractivity contribution in [1.29, 1.82) is 0 Å². The molecule has 0 aliphatic carbocycles. The van der Waals surface area contributed by atoms with Crippen LogP contribution < -0.4 is 10.6 Å². The van der Waals surface area contributed by atoms with Gasteiger partial charge in [0.25, 0.3) is 0 Å². The predicted molar refractivity (Wildman–Crippen MR) is 44.7 cm³/mol. The number of carbonyl (C=O) groups is 1. The lowest BCUT2D eigenvalue weighted by atomic mass is 10.5. The summed E-state index contributed by atoms with van der Waals surface area (Å²) in [6.07, 6.45) is -0.00851. The molecule has 72 valence electrons. The molecular weight excluding hydrogens is 160 g/mol. The lowest BCUT2D eigenvalue weighted by molar-refractivity contribution is -0.148.